The number of thiophene rings is 1. The zero-order valence-electron chi connectivity index (χ0n) is 10.6. The standard InChI is InChI=1S/C13H17NO3S2/c15-11(9-19-13-2-1-7-18-13)14-6-5-10(8-14)3-4-12(16)17/h1-2,7,10H,3-6,8-9H2,(H,16,17). The van der Waals surface area contributed by atoms with Gasteiger partial charge in [0.25, 0.3) is 0 Å². The Hall–Kier alpha value is -1.01. The quantitative estimate of drug-likeness (QED) is 0.820. The first-order valence-corrected chi connectivity index (χ1v) is 8.17. The molecule has 1 N–H and O–H groups in total. The van der Waals surface area contributed by atoms with Gasteiger partial charge in [0, 0.05) is 19.5 Å². The third-order valence-electron chi connectivity index (χ3n) is 3.24. The van der Waals surface area contributed by atoms with Crippen LogP contribution in [0.3, 0.4) is 0 Å². The van der Waals surface area contributed by atoms with Crippen molar-refractivity contribution in [3.05, 3.63) is 17.5 Å². The molecule has 104 valence electrons. The van der Waals surface area contributed by atoms with Gasteiger partial charge >= 0.3 is 5.97 Å². The highest BCUT2D eigenvalue weighted by molar-refractivity contribution is 8.01. The van der Waals surface area contributed by atoms with Crippen molar-refractivity contribution < 1.29 is 14.7 Å². The van der Waals surface area contributed by atoms with Crippen LogP contribution in [0.15, 0.2) is 21.7 Å². The van der Waals surface area contributed by atoms with Gasteiger partial charge in [0.05, 0.1) is 9.96 Å². The summed E-state index contributed by atoms with van der Waals surface area (Å²) in [7, 11) is 0. The molecule has 0 aromatic carbocycles. The second-order valence-corrected chi connectivity index (χ2v) is 6.87. The normalized spacial score (nSPS) is 18.7. The summed E-state index contributed by atoms with van der Waals surface area (Å²) in [6.45, 7) is 1.49. The van der Waals surface area contributed by atoms with Gasteiger partial charge in [-0.2, -0.15) is 0 Å². The van der Waals surface area contributed by atoms with Crippen LogP contribution in [-0.2, 0) is 9.59 Å². The van der Waals surface area contributed by atoms with Crippen LogP contribution in [0.1, 0.15) is 19.3 Å². The Balaban J connectivity index is 1.71. The molecule has 0 spiro atoms. The maximum Gasteiger partial charge on any atom is 0.303 e. The average molecular weight is 299 g/mol. The minimum Gasteiger partial charge on any atom is -0.481 e. The van der Waals surface area contributed by atoms with Gasteiger partial charge in [-0.25, -0.2) is 0 Å². The highest BCUT2D eigenvalue weighted by Crippen LogP contribution is 2.26. The van der Waals surface area contributed by atoms with Gasteiger partial charge < -0.3 is 10.0 Å². The van der Waals surface area contributed by atoms with Crippen molar-refractivity contribution in [1.82, 2.24) is 4.90 Å². The average Bonchev–Trinajstić information content (AvgIpc) is 3.04. The van der Waals surface area contributed by atoms with E-state index in [1.165, 1.54) is 0 Å². The molecule has 2 rings (SSSR count). The van der Waals surface area contributed by atoms with Gasteiger partial charge in [-0.05, 0) is 30.2 Å². The summed E-state index contributed by atoms with van der Waals surface area (Å²) < 4.78 is 1.16. The minimum atomic E-state index is -0.752. The van der Waals surface area contributed by atoms with E-state index in [2.05, 4.69) is 0 Å². The van der Waals surface area contributed by atoms with Crippen LogP contribution in [0.5, 0.6) is 0 Å². The van der Waals surface area contributed by atoms with E-state index in [0.29, 0.717) is 18.1 Å². The van der Waals surface area contributed by atoms with Crippen molar-refractivity contribution >= 4 is 35.0 Å². The molecule has 0 bridgehead atoms. The molecular weight excluding hydrogens is 282 g/mol. The van der Waals surface area contributed by atoms with E-state index in [1.807, 2.05) is 22.4 Å². The molecule has 1 saturated heterocycles. The Kier molecular flexibility index (Phi) is 5.27. The van der Waals surface area contributed by atoms with Gasteiger partial charge in [0.1, 0.15) is 0 Å². The lowest BCUT2D eigenvalue weighted by Gasteiger charge is -2.15. The van der Waals surface area contributed by atoms with Gasteiger partial charge in [-0.3, -0.25) is 9.59 Å². The molecule has 4 nitrogen and oxygen atoms in total. The summed E-state index contributed by atoms with van der Waals surface area (Å²) in [6, 6.07) is 4.00. The number of aliphatic carboxylic acids is 1. The van der Waals surface area contributed by atoms with E-state index in [4.69, 9.17) is 5.11 Å². The Morgan fingerprint density at radius 1 is 1.53 bits per heavy atom. The molecule has 19 heavy (non-hydrogen) atoms. The Morgan fingerprint density at radius 3 is 3.05 bits per heavy atom. The molecular formula is C13H17NO3S2. The molecule has 6 heteroatoms. The van der Waals surface area contributed by atoms with E-state index in [9.17, 15) is 9.59 Å². The molecule has 1 atom stereocenters. The van der Waals surface area contributed by atoms with Crippen LogP contribution in [0.4, 0.5) is 0 Å². The topological polar surface area (TPSA) is 57.6 Å². The highest BCUT2D eigenvalue weighted by atomic mass is 32.2. The van der Waals surface area contributed by atoms with Crippen LogP contribution in [-0.4, -0.2) is 40.7 Å². The van der Waals surface area contributed by atoms with E-state index in [-0.39, 0.29) is 12.3 Å². The molecule has 0 saturated carbocycles. The fourth-order valence-corrected chi connectivity index (χ4v) is 3.88. The first kappa shape index (κ1) is 14.4. The summed E-state index contributed by atoms with van der Waals surface area (Å²) >= 11 is 3.22. The van der Waals surface area contributed by atoms with Gasteiger partial charge in [0.15, 0.2) is 0 Å². The smallest absolute Gasteiger partial charge is 0.303 e. The van der Waals surface area contributed by atoms with Crippen LogP contribution >= 0.6 is 23.1 Å². The molecule has 1 aromatic heterocycles. The molecule has 1 aromatic rings. The monoisotopic (exact) mass is 299 g/mol. The Labute approximate surface area is 120 Å². The maximum absolute atomic E-state index is 12.0. The third-order valence-corrected chi connectivity index (χ3v) is 5.35. The zero-order chi connectivity index (χ0) is 13.7. The number of carbonyl (C=O) groups excluding carboxylic acids is 1. The van der Waals surface area contributed by atoms with Crippen LogP contribution in [0.2, 0.25) is 0 Å². The number of thioether (sulfide) groups is 1. The largest absolute Gasteiger partial charge is 0.481 e. The van der Waals surface area contributed by atoms with Crippen molar-refractivity contribution in [2.75, 3.05) is 18.8 Å². The van der Waals surface area contributed by atoms with Gasteiger partial charge in [0.2, 0.25) is 5.91 Å². The third kappa shape index (κ3) is 4.54. The summed E-state index contributed by atoms with van der Waals surface area (Å²) in [4.78, 5) is 24.4. The fraction of sp³-hybridized carbons (Fsp3) is 0.538. The SMILES string of the molecule is O=C(O)CCC1CCN(C(=O)CSc2cccs2)C1. The predicted octanol–water partition coefficient (Wildman–Crippen LogP) is 2.55. The fourth-order valence-electron chi connectivity index (χ4n) is 2.19. The van der Waals surface area contributed by atoms with E-state index < -0.39 is 5.97 Å². The summed E-state index contributed by atoms with van der Waals surface area (Å²) in [5.74, 6) is 0.243. The maximum atomic E-state index is 12.0. The number of carboxylic acid groups (broad SMARTS) is 1. The summed E-state index contributed by atoms with van der Waals surface area (Å²) in [5.41, 5.74) is 0. The lowest BCUT2D eigenvalue weighted by atomic mass is 10.0. The lowest BCUT2D eigenvalue weighted by Crippen LogP contribution is -2.30. The lowest BCUT2D eigenvalue weighted by molar-refractivity contribution is -0.137. The summed E-state index contributed by atoms with van der Waals surface area (Å²) in [6.07, 6.45) is 1.82. The molecule has 0 radical (unpaired) electrons. The Bertz CT molecular complexity index is 433. The molecule has 1 aliphatic rings. The number of carboxylic acids is 1. The van der Waals surface area contributed by atoms with E-state index in [1.54, 1.807) is 23.1 Å². The molecule has 1 aliphatic heterocycles. The zero-order valence-corrected chi connectivity index (χ0v) is 12.2. The first-order valence-electron chi connectivity index (χ1n) is 6.31. The minimum absolute atomic E-state index is 0.163. The number of amides is 1. The number of likely N-dealkylation sites (tertiary alicyclic amines) is 1. The van der Waals surface area contributed by atoms with Crippen molar-refractivity contribution in [2.24, 2.45) is 5.92 Å². The van der Waals surface area contributed by atoms with Crippen molar-refractivity contribution in [1.29, 1.82) is 0 Å². The summed E-state index contributed by atoms with van der Waals surface area (Å²) in [5, 5.41) is 10.7. The van der Waals surface area contributed by atoms with Crippen molar-refractivity contribution in [2.45, 2.75) is 23.5 Å². The van der Waals surface area contributed by atoms with Gasteiger partial charge in [-0.1, -0.05) is 6.07 Å². The van der Waals surface area contributed by atoms with Crippen LogP contribution in [0, 0.1) is 5.92 Å². The van der Waals surface area contributed by atoms with Crippen LogP contribution in [0.25, 0.3) is 0 Å². The molecule has 1 fully saturated rings. The number of nitrogens with zero attached hydrogens (tertiary/aromatic N) is 1. The number of carbonyl (C=O) groups is 2. The first-order chi connectivity index (χ1) is 9.15. The molecule has 1 amide bonds. The number of rotatable bonds is 6. The molecule has 2 heterocycles. The number of hydrogen-bond donors (Lipinski definition) is 1. The van der Waals surface area contributed by atoms with Crippen molar-refractivity contribution in [3.63, 3.8) is 0 Å². The second kappa shape index (κ2) is 6.96. The highest BCUT2D eigenvalue weighted by Gasteiger charge is 2.26. The van der Waals surface area contributed by atoms with Crippen molar-refractivity contribution in [3.8, 4) is 0 Å². The Morgan fingerprint density at radius 2 is 2.37 bits per heavy atom. The van der Waals surface area contributed by atoms with Crippen LogP contribution < -0.4 is 0 Å². The number of hydrogen-bond acceptors (Lipinski definition) is 4. The molecule has 1 unspecified atom stereocenters. The predicted molar refractivity (Wildman–Crippen MR) is 76.6 cm³/mol. The van der Waals surface area contributed by atoms with Gasteiger partial charge in [-0.15, -0.1) is 23.1 Å². The molecule has 0 aliphatic carbocycles. The van der Waals surface area contributed by atoms with E-state index >= 15 is 0 Å². The van der Waals surface area contributed by atoms with E-state index in [0.717, 1.165) is 23.7 Å². The second-order valence-electron chi connectivity index (χ2n) is 4.65.